The van der Waals surface area contributed by atoms with Crippen LogP contribution in [0.3, 0.4) is 0 Å². The van der Waals surface area contributed by atoms with E-state index < -0.39 is 0 Å². The van der Waals surface area contributed by atoms with Gasteiger partial charge in [-0.15, -0.1) is 0 Å². The zero-order chi connectivity index (χ0) is 17.9. The van der Waals surface area contributed by atoms with Gasteiger partial charge in [0.1, 0.15) is 11.5 Å². The lowest BCUT2D eigenvalue weighted by Crippen LogP contribution is -2.39. The van der Waals surface area contributed by atoms with E-state index in [-0.39, 0.29) is 11.3 Å². The maximum absolute atomic E-state index is 12.6. The van der Waals surface area contributed by atoms with E-state index >= 15 is 0 Å². The molecule has 1 heterocycles. The number of hydrogen-bond acceptors (Lipinski definition) is 2. The van der Waals surface area contributed by atoms with Gasteiger partial charge >= 0.3 is 0 Å². The van der Waals surface area contributed by atoms with E-state index in [1.807, 2.05) is 50.2 Å². The second kappa shape index (κ2) is 6.98. The van der Waals surface area contributed by atoms with Gasteiger partial charge in [-0.2, -0.15) is 0 Å². The van der Waals surface area contributed by atoms with Gasteiger partial charge in [-0.05, 0) is 38.0 Å². The van der Waals surface area contributed by atoms with E-state index in [1.165, 1.54) is 11.1 Å². The maximum Gasteiger partial charge on any atom is 0.254 e. The molecule has 3 rings (SSSR count). The molecule has 1 amide bonds. The smallest absolute Gasteiger partial charge is 0.254 e. The fourth-order valence-electron chi connectivity index (χ4n) is 3.19. The molecule has 0 saturated carbocycles. The molecule has 25 heavy (non-hydrogen) atoms. The van der Waals surface area contributed by atoms with E-state index in [1.54, 1.807) is 6.07 Å². The van der Waals surface area contributed by atoms with Crippen LogP contribution in [0, 0.1) is 13.8 Å². The van der Waals surface area contributed by atoms with Crippen LogP contribution in [0.5, 0.6) is 0 Å². The first-order valence-electron chi connectivity index (χ1n) is 8.47. The van der Waals surface area contributed by atoms with Gasteiger partial charge < -0.3 is 9.73 Å². The average Bonchev–Trinajstić information content (AvgIpc) is 2.99. The van der Waals surface area contributed by atoms with E-state index in [4.69, 9.17) is 4.42 Å². The van der Waals surface area contributed by atoms with Crippen LogP contribution in [-0.2, 0) is 5.41 Å². The highest BCUT2D eigenvalue weighted by atomic mass is 16.3. The third-order valence-electron chi connectivity index (χ3n) is 4.71. The summed E-state index contributed by atoms with van der Waals surface area (Å²) in [7, 11) is 0. The van der Waals surface area contributed by atoms with Crippen molar-refractivity contribution in [1.29, 1.82) is 0 Å². The Hall–Kier alpha value is -2.81. The topological polar surface area (TPSA) is 42.2 Å². The summed E-state index contributed by atoms with van der Waals surface area (Å²) < 4.78 is 5.48. The Morgan fingerprint density at radius 1 is 0.960 bits per heavy atom. The summed E-state index contributed by atoms with van der Waals surface area (Å²) >= 11 is 0. The van der Waals surface area contributed by atoms with Crippen molar-refractivity contribution in [1.82, 2.24) is 5.32 Å². The van der Waals surface area contributed by atoms with Gasteiger partial charge in [0.15, 0.2) is 0 Å². The third kappa shape index (κ3) is 3.50. The molecule has 0 atom stereocenters. The molecule has 0 fully saturated rings. The quantitative estimate of drug-likeness (QED) is 0.739. The zero-order valence-corrected chi connectivity index (χ0v) is 14.9. The van der Waals surface area contributed by atoms with E-state index in [0.29, 0.717) is 17.9 Å². The largest absolute Gasteiger partial charge is 0.466 e. The van der Waals surface area contributed by atoms with Crippen molar-refractivity contribution in [3.05, 3.63) is 94.9 Å². The van der Waals surface area contributed by atoms with Crippen molar-refractivity contribution in [2.45, 2.75) is 26.2 Å². The summed E-state index contributed by atoms with van der Waals surface area (Å²) in [5.41, 5.74) is 2.62. The fourth-order valence-corrected chi connectivity index (χ4v) is 3.19. The molecular weight excluding hydrogens is 310 g/mol. The van der Waals surface area contributed by atoms with Crippen LogP contribution in [0.2, 0.25) is 0 Å². The Kier molecular flexibility index (Phi) is 4.75. The number of nitrogens with one attached hydrogen (secondary N) is 1. The number of hydrogen-bond donors (Lipinski definition) is 1. The molecule has 3 heteroatoms. The lowest BCUT2D eigenvalue weighted by Gasteiger charge is -2.31. The Balaban J connectivity index is 1.89. The number of carbonyl (C=O) groups is 1. The minimum absolute atomic E-state index is 0.104. The monoisotopic (exact) mass is 333 g/mol. The van der Waals surface area contributed by atoms with Gasteiger partial charge in [0, 0.05) is 12.0 Å². The SMILES string of the molecule is Cc1cc(C(=O)NCC(C)(c2ccccc2)c2ccccc2)c(C)o1. The van der Waals surface area contributed by atoms with Crippen molar-refractivity contribution < 1.29 is 9.21 Å². The molecule has 0 unspecified atom stereocenters. The van der Waals surface area contributed by atoms with Crippen LogP contribution in [0.15, 0.2) is 71.1 Å². The normalized spacial score (nSPS) is 11.3. The summed E-state index contributed by atoms with van der Waals surface area (Å²) in [4.78, 5) is 12.6. The van der Waals surface area contributed by atoms with Gasteiger partial charge in [0.2, 0.25) is 0 Å². The van der Waals surface area contributed by atoms with Crippen molar-refractivity contribution in [2.24, 2.45) is 0 Å². The van der Waals surface area contributed by atoms with Crippen LogP contribution < -0.4 is 5.32 Å². The van der Waals surface area contributed by atoms with Crippen LogP contribution in [0.4, 0.5) is 0 Å². The van der Waals surface area contributed by atoms with Crippen molar-refractivity contribution in [2.75, 3.05) is 6.54 Å². The molecular formula is C22H23NO2. The average molecular weight is 333 g/mol. The maximum atomic E-state index is 12.6. The molecule has 3 aromatic rings. The van der Waals surface area contributed by atoms with Crippen LogP contribution in [-0.4, -0.2) is 12.5 Å². The number of furan rings is 1. The van der Waals surface area contributed by atoms with E-state index in [9.17, 15) is 4.79 Å². The van der Waals surface area contributed by atoms with Gasteiger partial charge in [-0.3, -0.25) is 4.79 Å². The Labute approximate surface area is 148 Å². The highest BCUT2D eigenvalue weighted by Crippen LogP contribution is 2.31. The molecule has 1 N–H and O–H groups in total. The van der Waals surface area contributed by atoms with Crippen LogP contribution in [0.1, 0.15) is 39.9 Å². The van der Waals surface area contributed by atoms with Gasteiger partial charge in [0.05, 0.1) is 5.56 Å². The zero-order valence-electron chi connectivity index (χ0n) is 14.9. The fraction of sp³-hybridized carbons (Fsp3) is 0.227. The number of amides is 1. The predicted octanol–water partition coefficient (Wildman–Crippen LogP) is 4.63. The first kappa shape index (κ1) is 17.0. The highest BCUT2D eigenvalue weighted by molar-refractivity contribution is 5.95. The molecule has 0 aliphatic carbocycles. The van der Waals surface area contributed by atoms with Crippen LogP contribution in [0.25, 0.3) is 0 Å². The molecule has 0 radical (unpaired) electrons. The first-order valence-corrected chi connectivity index (χ1v) is 8.47. The molecule has 0 aliphatic heterocycles. The number of carbonyl (C=O) groups excluding carboxylic acids is 1. The molecule has 128 valence electrons. The minimum atomic E-state index is -0.315. The van der Waals surface area contributed by atoms with E-state index in [2.05, 4.69) is 36.5 Å². The first-order chi connectivity index (χ1) is 12.0. The van der Waals surface area contributed by atoms with Crippen molar-refractivity contribution in [3.8, 4) is 0 Å². The molecule has 2 aromatic carbocycles. The summed E-state index contributed by atoms with van der Waals surface area (Å²) in [6.07, 6.45) is 0. The Bertz CT molecular complexity index is 811. The lowest BCUT2D eigenvalue weighted by atomic mass is 9.76. The van der Waals surface area contributed by atoms with E-state index in [0.717, 1.165) is 5.76 Å². The summed E-state index contributed by atoms with van der Waals surface area (Å²) in [5.74, 6) is 1.29. The number of benzene rings is 2. The Morgan fingerprint density at radius 2 is 1.48 bits per heavy atom. The molecule has 1 aromatic heterocycles. The van der Waals surface area contributed by atoms with Crippen molar-refractivity contribution in [3.63, 3.8) is 0 Å². The molecule has 0 aliphatic rings. The standard InChI is InChI=1S/C22H23NO2/c1-16-14-20(17(2)25-16)21(24)23-15-22(3,18-10-6-4-7-11-18)19-12-8-5-9-13-19/h4-14H,15H2,1-3H3,(H,23,24). The minimum Gasteiger partial charge on any atom is -0.466 e. The summed E-state index contributed by atoms with van der Waals surface area (Å²) in [5, 5.41) is 3.09. The molecule has 0 saturated heterocycles. The van der Waals surface area contributed by atoms with Gasteiger partial charge in [-0.25, -0.2) is 0 Å². The lowest BCUT2D eigenvalue weighted by molar-refractivity contribution is 0.0946. The molecule has 0 bridgehead atoms. The highest BCUT2D eigenvalue weighted by Gasteiger charge is 2.29. The second-order valence-electron chi connectivity index (χ2n) is 6.57. The van der Waals surface area contributed by atoms with Gasteiger partial charge in [-0.1, -0.05) is 60.7 Å². The number of rotatable bonds is 5. The molecule has 3 nitrogen and oxygen atoms in total. The van der Waals surface area contributed by atoms with Crippen molar-refractivity contribution >= 4 is 5.91 Å². The van der Waals surface area contributed by atoms with Gasteiger partial charge in [0.25, 0.3) is 5.91 Å². The second-order valence-corrected chi connectivity index (χ2v) is 6.57. The third-order valence-corrected chi connectivity index (χ3v) is 4.71. The summed E-state index contributed by atoms with van der Waals surface area (Å²) in [6, 6.07) is 22.3. The predicted molar refractivity (Wildman–Crippen MR) is 99.9 cm³/mol. The Morgan fingerprint density at radius 3 is 1.92 bits per heavy atom. The summed E-state index contributed by atoms with van der Waals surface area (Å²) in [6.45, 7) is 6.33. The van der Waals surface area contributed by atoms with Crippen LogP contribution >= 0.6 is 0 Å². The molecule has 0 spiro atoms. The number of aryl methyl sites for hydroxylation is 2.